The summed E-state index contributed by atoms with van der Waals surface area (Å²) in [5.41, 5.74) is 3.40. The van der Waals surface area contributed by atoms with Gasteiger partial charge in [-0.15, -0.1) is 0 Å². The number of amidine groups is 2. The van der Waals surface area contributed by atoms with Gasteiger partial charge >= 0.3 is 0 Å². The third kappa shape index (κ3) is 4.07. The fourth-order valence-corrected chi connectivity index (χ4v) is 3.34. The highest BCUT2D eigenvalue weighted by Gasteiger charge is 2.19. The van der Waals surface area contributed by atoms with Crippen LogP contribution < -0.4 is 16.0 Å². The molecular formula is C21H20ClN5O. The van der Waals surface area contributed by atoms with Gasteiger partial charge in [-0.3, -0.25) is 14.8 Å². The van der Waals surface area contributed by atoms with Gasteiger partial charge in [0.15, 0.2) is 0 Å². The van der Waals surface area contributed by atoms with Crippen molar-refractivity contribution in [2.75, 3.05) is 31.5 Å². The molecule has 3 N–H and O–H groups in total. The van der Waals surface area contributed by atoms with Gasteiger partial charge in [-0.2, -0.15) is 0 Å². The average Bonchev–Trinajstić information content (AvgIpc) is 3.41. The van der Waals surface area contributed by atoms with E-state index >= 15 is 0 Å². The molecule has 2 aromatic carbocycles. The molecule has 142 valence electrons. The van der Waals surface area contributed by atoms with Crippen molar-refractivity contribution >= 4 is 40.9 Å². The maximum atomic E-state index is 12.3. The third-order valence-electron chi connectivity index (χ3n) is 4.47. The second kappa shape index (κ2) is 8.27. The summed E-state index contributed by atoms with van der Waals surface area (Å²) in [4.78, 5) is 21.4. The van der Waals surface area contributed by atoms with Crippen LogP contribution >= 0.6 is 11.6 Å². The number of anilines is 1. The van der Waals surface area contributed by atoms with Gasteiger partial charge in [0.2, 0.25) is 5.91 Å². The van der Waals surface area contributed by atoms with Crippen molar-refractivity contribution in [3.05, 3.63) is 70.3 Å². The number of aliphatic imine (C=N–C) groups is 2. The molecule has 6 nitrogen and oxygen atoms in total. The van der Waals surface area contributed by atoms with Crippen LogP contribution in [0.1, 0.15) is 16.7 Å². The maximum absolute atomic E-state index is 12.3. The van der Waals surface area contributed by atoms with Gasteiger partial charge in [-0.05, 0) is 35.9 Å². The summed E-state index contributed by atoms with van der Waals surface area (Å²) >= 11 is 6.12. The van der Waals surface area contributed by atoms with Gasteiger partial charge < -0.3 is 16.0 Å². The summed E-state index contributed by atoms with van der Waals surface area (Å²) in [5.74, 6) is 1.47. The molecular weight excluding hydrogens is 374 g/mol. The van der Waals surface area contributed by atoms with Crippen molar-refractivity contribution in [2.45, 2.75) is 0 Å². The summed E-state index contributed by atoms with van der Waals surface area (Å²) < 4.78 is 0. The van der Waals surface area contributed by atoms with Crippen LogP contribution in [0.15, 0.2) is 58.5 Å². The van der Waals surface area contributed by atoms with Crippen molar-refractivity contribution in [3.8, 4) is 0 Å². The number of amides is 1. The molecule has 7 heteroatoms. The van der Waals surface area contributed by atoms with E-state index in [1.54, 1.807) is 12.1 Å². The van der Waals surface area contributed by atoms with Crippen molar-refractivity contribution < 1.29 is 4.79 Å². The van der Waals surface area contributed by atoms with E-state index in [2.05, 4.69) is 25.9 Å². The van der Waals surface area contributed by atoms with E-state index in [-0.39, 0.29) is 5.91 Å². The summed E-state index contributed by atoms with van der Waals surface area (Å²) in [5, 5.41) is 10.1. The second-order valence-corrected chi connectivity index (χ2v) is 6.83. The number of rotatable bonds is 5. The first-order valence-corrected chi connectivity index (χ1v) is 9.53. The Labute approximate surface area is 168 Å². The zero-order chi connectivity index (χ0) is 19.3. The Kier molecular flexibility index (Phi) is 5.39. The van der Waals surface area contributed by atoms with Crippen molar-refractivity contribution in [2.24, 2.45) is 9.98 Å². The Morgan fingerprint density at radius 2 is 1.71 bits per heavy atom. The van der Waals surface area contributed by atoms with E-state index in [0.29, 0.717) is 10.7 Å². The number of carbonyl (C=O) groups is 1. The van der Waals surface area contributed by atoms with E-state index in [0.717, 1.165) is 54.5 Å². The quantitative estimate of drug-likeness (QED) is 0.683. The van der Waals surface area contributed by atoms with E-state index in [1.165, 1.54) is 6.08 Å². The molecule has 2 heterocycles. The topological polar surface area (TPSA) is 77.9 Å². The number of benzene rings is 2. The SMILES string of the molecule is O=C(/C=C/c1ccccc1Cl)Nc1ccc(C2=NCCN2)c(C2=NCCN2)c1. The monoisotopic (exact) mass is 393 g/mol. The molecule has 0 atom stereocenters. The van der Waals surface area contributed by atoms with Crippen LogP contribution in [0.3, 0.4) is 0 Å². The van der Waals surface area contributed by atoms with Crippen LogP contribution in [-0.4, -0.2) is 43.8 Å². The fourth-order valence-electron chi connectivity index (χ4n) is 3.14. The number of hydrogen-bond donors (Lipinski definition) is 3. The van der Waals surface area contributed by atoms with E-state index in [4.69, 9.17) is 11.6 Å². The van der Waals surface area contributed by atoms with Crippen molar-refractivity contribution in [1.29, 1.82) is 0 Å². The Bertz CT molecular complexity index is 996. The molecule has 2 aliphatic heterocycles. The normalized spacial score (nSPS) is 15.8. The van der Waals surface area contributed by atoms with Gasteiger partial charge in [0.05, 0.1) is 13.1 Å². The Morgan fingerprint density at radius 3 is 2.39 bits per heavy atom. The zero-order valence-electron chi connectivity index (χ0n) is 15.2. The minimum Gasteiger partial charge on any atom is -0.368 e. The summed E-state index contributed by atoms with van der Waals surface area (Å²) in [6.45, 7) is 3.15. The standard InChI is InChI=1S/C21H20ClN5O/c22-18-4-2-1-3-14(18)5-8-19(28)27-15-6-7-16(20-23-9-10-24-20)17(13-15)21-25-11-12-26-21/h1-8,13H,9-12H2,(H,23,24)(H,25,26)(H,27,28)/b8-5+. The van der Waals surface area contributed by atoms with Crippen molar-refractivity contribution in [1.82, 2.24) is 10.6 Å². The molecule has 0 fully saturated rings. The van der Waals surface area contributed by atoms with Crippen LogP contribution in [0.25, 0.3) is 6.08 Å². The van der Waals surface area contributed by atoms with Crippen LogP contribution in [0.4, 0.5) is 5.69 Å². The third-order valence-corrected chi connectivity index (χ3v) is 4.81. The van der Waals surface area contributed by atoms with Crippen LogP contribution in [-0.2, 0) is 4.79 Å². The molecule has 2 aromatic rings. The molecule has 4 rings (SSSR count). The minimum atomic E-state index is -0.226. The Hall–Kier alpha value is -3.12. The average molecular weight is 394 g/mol. The summed E-state index contributed by atoms with van der Waals surface area (Å²) in [6, 6.07) is 13.1. The first kappa shape index (κ1) is 18.3. The number of carbonyl (C=O) groups excluding carboxylic acids is 1. The smallest absolute Gasteiger partial charge is 0.248 e. The maximum Gasteiger partial charge on any atom is 0.248 e. The van der Waals surface area contributed by atoms with Crippen molar-refractivity contribution in [3.63, 3.8) is 0 Å². The first-order chi connectivity index (χ1) is 13.7. The lowest BCUT2D eigenvalue weighted by molar-refractivity contribution is -0.111. The van der Waals surface area contributed by atoms with Gasteiger partial charge in [0, 0.05) is 41.0 Å². The Balaban J connectivity index is 1.55. The number of nitrogens with zero attached hydrogens (tertiary/aromatic N) is 2. The highest BCUT2D eigenvalue weighted by Crippen LogP contribution is 2.20. The largest absolute Gasteiger partial charge is 0.368 e. The lowest BCUT2D eigenvalue weighted by atomic mass is 10.0. The highest BCUT2D eigenvalue weighted by atomic mass is 35.5. The number of nitrogens with one attached hydrogen (secondary N) is 3. The summed E-state index contributed by atoms with van der Waals surface area (Å²) in [7, 11) is 0. The predicted molar refractivity (Wildman–Crippen MR) is 114 cm³/mol. The van der Waals surface area contributed by atoms with Crippen LogP contribution in [0.2, 0.25) is 5.02 Å². The lowest BCUT2D eigenvalue weighted by Gasteiger charge is -2.13. The van der Waals surface area contributed by atoms with E-state index < -0.39 is 0 Å². The van der Waals surface area contributed by atoms with Gasteiger partial charge in [0.25, 0.3) is 0 Å². The predicted octanol–water partition coefficient (Wildman–Crippen LogP) is 2.69. The molecule has 1 amide bonds. The molecule has 2 aliphatic rings. The molecule has 28 heavy (non-hydrogen) atoms. The zero-order valence-corrected chi connectivity index (χ0v) is 16.0. The summed E-state index contributed by atoms with van der Waals surface area (Å²) in [6.07, 6.45) is 3.18. The lowest BCUT2D eigenvalue weighted by Crippen LogP contribution is -2.26. The number of hydrogen-bond acceptors (Lipinski definition) is 5. The van der Waals surface area contributed by atoms with E-state index in [1.807, 2.05) is 36.4 Å². The van der Waals surface area contributed by atoms with Gasteiger partial charge in [-0.25, -0.2) is 0 Å². The molecule has 0 radical (unpaired) electrons. The minimum absolute atomic E-state index is 0.226. The van der Waals surface area contributed by atoms with Crippen LogP contribution in [0.5, 0.6) is 0 Å². The van der Waals surface area contributed by atoms with Gasteiger partial charge in [0.1, 0.15) is 11.7 Å². The molecule has 0 bridgehead atoms. The van der Waals surface area contributed by atoms with E-state index in [9.17, 15) is 4.79 Å². The molecule has 0 unspecified atom stereocenters. The van der Waals surface area contributed by atoms with Crippen LogP contribution in [0, 0.1) is 0 Å². The fraction of sp³-hybridized carbons (Fsp3) is 0.190. The molecule has 0 saturated carbocycles. The molecule has 0 spiro atoms. The molecule has 0 aromatic heterocycles. The first-order valence-electron chi connectivity index (χ1n) is 9.16. The molecule has 0 saturated heterocycles. The molecule has 0 aliphatic carbocycles. The highest BCUT2D eigenvalue weighted by molar-refractivity contribution is 6.32. The number of halogens is 1. The van der Waals surface area contributed by atoms with Gasteiger partial charge in [-0.1, -0.05) is 29.8 Å². The second-order valence-electron chi connectivity index (χ2n) is 6.42. The Morgan fingerprint density at radius 1 is 1.00 bits per heavy atom.